The monoisotopic (exact) mass is 305 g/mol. The highest BCUT2D eigenvalue weighted by atomic mass is 32.2. The van der Waals surface area contributed by atoms with Crippen molar-refractivity contribution in [1.29, 1.82) is 0 Å². The van der Waals surface area contributed by atoms with Crippen LogP contribution < -0.4 is 0 Å². The number of Topliss-reactive ketones (excluding diaryl/α,β-unsaturated/α-hetero) is 1. The second kappa shape index (κ2) is 6.56. The van der Waals surface area contributed by atoms with Gasteiger partial charge in [-0.15, -0.1) is 0 Å². The molecule has 0 atom stereocenters. The van der Waals surface area contributed by atoms with E-state index in [0.29, 0.717) is 18.9 Å². The standard InChI is InChI=1S/C15H31NO3S/c1-9-16(20(8,18)19)15(6,7)11-13(17)10-14(4,5)12(2)3/h12H,9-11H2,1-8H3. The molecule has 0 heterocycles. The van der Waals surface area contributed by atoms with Crippen LogP contribution in [0.4, 0.5) is 0 Å². The molecule has 0 radical (unpaired) electrons. The van der Waals surface area contributed by atoms with Gasteiger partial charge in [0.15, 0.2) is 0 Å². The maximum atomic E-state index is 12.3. The third-order valence-corrected chi connectivity index (χ3v) is 5.76. The van der Waals surface area contributed by atoms with Gasteiger partial charge in [-0.3, -0.25) is 4.79 Å². The average Bonchev–Trinajstić information content (AvgIpc) is 2.12. The predicted molar refractivity (Wildman–Crippen MR) is 84.2 cm³/mol. The van der Waals surface area contributed by atoms with Gasteiger partial charge in [0.2, 0.25) is 10.0 Å². The molecule has 5 heteroatoms. The van der Waals surface area contributed by atoms with Crippen LogP contribution in [0.5, 0.6) is 0 Å². The third kappa shape index (κ3) is 5.52. The molecule has 4 nitrogen and oxygen atoms in total. The van der Waals surface area contributed by atoms with E-state index in [-0.39, 0.29) is 17.6 Å². The summed E-state index contributed by atoms with van der Waals surface area (Å²) >= 11 is 0. The first kappa shape index (κ1) is 19.6. The fourth-order valence-corrected chi connectivity index (χ4v) is 3.89. The van der Waals surface area contributed by atoms with Crippen molar-refractivity contribution >= 4 is 15.8 Å². The van der Waals surface area contributed by atoms with Gasteiger partial charge in [-0.2, -0.15) is 4.31 Å². The average molecular weight is 305 g/mol. The van der Waals surface area contributed by atoms with Gasteiger partial charge in [0.05, 0.1) is 6.26 Å². The summed E-state index contributed by atoms with van der Waals surface area (Å²) in [4.78, 5) is 12.3. The van der Waals surface area contributed by atoms with Gasteiger partial charge in [0, 0.05) is 24.9 Å². The van der Waals surface area contributed by atoms with E-state index < -0.39 is 15.6 Å². The molecule has 0 amide bonds. The zero-order chi connectivity index (χ0) is 16.4. The van der Waals surface area contributed by atoms with Crippen LogP contribution in [0.3, 0.4) is 0 Å². The Labute approximate surface area is 125 Å². The number of hydrogen-bond donors (Lipinski definition) is 0. The number of carbonyl (C=O) groups is 1. The van der Waals surface area contributed by atoms with Crippen molar-refractivity contribution in [1.82, 2.24) is 4.31 Å². The fourth-order valence-electron chi connectivity index (χ4n) is 2.46. The van der Waals surface area contributed by atoms with Crippen LogP contribution in [0.2, 0.25) is 0 Å². The zero-order valence-electron chi connectivity index (χ0n) is 14.3. The van der Waals surface area contributed by atoms with Crippen LogP contribution in [0.1, 0.15) is 61.3 Å². The summed E-state index contributed by atoms with van der Waals surface area (Å²) in [7, 11) is -3.30. The Morgan fingerprint density at radius 3 is 1.85 bits per heavy atom. The molecule has 20 heavy (non-hydrogen) atoms. The molecule has 0 aromatic carbocycles. The molecule has 0 unspecified atom stereocenters. The number of sulfonamides is 1. The topological polar surface area (TPSA) is 54.5 Å². The van der Waals surface area contributed by atoms with Crippen molar-refractivity contribution in [2.75, 3.05) is 12.8 Å². The Hall–Kier alpha value is -0.420. The molecule has 0 aromatic heterocycles. The van der Waals surface area contributed by atoms with Gasteiger partial charge in [0.25, 0.3) is 0 Å². The van der Waals surface area contributed by atoms with Crippen molar-refractivity contribution in [3.63, 3.8) is 0 Å². The highest BCUT2D eigenvalue weighted by Crippen LogP contribution is 2.32. The molecule has 0 saturated carbocycles. The lowest BCUT2D eigenvalue weighted by molar-refractivity contribution is -0.123. The molecular weight excluding hydrogens is 274 g/mol. The van der Waals surface area contributed by atoms with Crippen molar-refractivity contribution in [3.05, 3.63) is 0 Å². The Morgan fingerprint density at radius 2 is 1.55 bits per heavy atom. The highest BCUT2D eigenvalue weighted by molar-refractivity contribution is 7.88. The summed E-state index contributed by atoms with van der Waals surface area (Å²) in [5.74, 6) is 0.530. The molecule has 0 N–H and O–H groups in total. The van der Waals surface area contributed by atoms with E-state index in [2.05, 4.69) is 27.7 Å². The van der Waals surface area contributed by atoms with Gasteiger partial charge < -0.3 is 0 Å². The van der Waals surface area contributed by atoms with E-state index >= 15 is 0 Å². The van der Waals surface area contributed by atoms with Crippen molar-refractivity contribution in [3.8, 4) is 0 Å². The molecule has 0 aliphatic carbocycles. The molecule has 0 spiro atoms. The minimum Gasteiger partial charge on any atom is -0.300 e. The maximum absolute atomic E-state index is 12.3. The van der Waals surface area contributed by atoms with Crippen LogP contribution in [-0.2, 0) is 14.8 Å². The maximum Gasteiger partial charge on any atom is 0.211 e. The molecular formula is C15H31NO3S. The third-order valence-electron chi connectivity index (χ3n) is 4.21. The lowest BCUT2D eigenvalue weighted by Crippen LogP contribution is -2.48. The largest absolute Gasteiger partial charge is 0.300 e. The van der Waals surface area contributed by atoms with Gasteiger partial charge in [-0.1, -0.05) is 34.6 Å². The predicted octanol–water partition coefficient (Wildman–Crippen LogP) is 3.08. The smallest absolute Gasteiger partial charge is 0.211 e. The van der Waals surface area contributed by atoms with E-state index in [4.69, 9.17) is 0 Å². The van der Waals surface area contributed by atoms with E-state index in [0.717, 1.165) is 0 Å². The van der Waals surface area contributed by atoms with Crippen LogP contribution in [0.25, 0.3) is 0 Å². The summed E-state index contributed by atoms with van der Waals surface area (Å²) in [6.07, 6.45) is 1.93. The summed E-state index contributed by atoms with van der Waals surface area (Å²) in [5.41, 5.74) is -0.734. The number of rotatable bonds is 8. The first-order chi connectivity index (χ1) is 8.74. The number of hydrogen-bond acceptors (Lipinski definition) is 3. The van der Waals surface area contributed by atoms with Crippen LogP contribution in [0.15, 0.2) is 0 Å². The first-order valence-electron chi connectivity index (χ1n) is 7.23. The molecule has 0 aromatic rings. The lowest BCUT2D eigenvalue weighted by atomic mass is 9.76. The fraction of sp³-hybridized carbons (Fsp3) is 0.933. The quantitative estimate of drug-likeness (QED) is 0.692. The Balaban J connectivity index is 4.98. The zero-order valence-corrected chi connectivity index (χ0v) is 15.1. The van der Waals surface area contributed by atoms with Crippen molar-refractivity contribution in [2.24, 2.45) is 11.3 Å². The highest BCUT2D eigenvalue weighted by Gasteiger charge is 2.36. The molecule has 0 fully saturated rings. The summed E-state index contributed by atoms with van der Waals surface area (Å²) in [5, 5.41) is 0. The van der Waals surface area contributed by atoms with Crippen LogP contribution in [-0.4, -0.2) is 36.8 Å². The SMILES string of the molecule is CCN(C(C)(C)CC(=O)CC(C)(C)C(C)C)S(C)(=O)=O. The van der Waals surface area contributed by atoms with Crippen molar-refractivity contribution < 1.29 is 13.2 Å². The second-order valence-electron chi connectivity index (χ2n) is 7.28. The Morgan fingerprint density at radius 1 is 1.10 bits per heavy atom. The number of ketones is 1. The Kier molecular flexibility index (Phi) is 6.42. The van der Waals surface area contributed by atoms with Gasteiger partial charge in [-0.05, 0) is 25.2 Å². The van der Waals surface area contributed by atoms with Gasteiger partial charge in [0.1, 0.15) is 5.78 Å². The summed E-state index contributed by atoms with van der Waals surface area (Å²) in [6.45, 7) is 14.2. The summed E-state index contributed by atoms with van der Waals surface area (Å²) in [6, 6.07) is 0. The molecule has 0 aliphatic rings. The Bertz CT molecular complexity index is 436. The van der Waals surface area contributed by atoms with Crippen LogP contribution in [0, 0.1) is 11.3 Å². The molecule has 0 saturated heterocycles. The molecule has 0 aliphatic heterocycles. The van der Waals surface area contributed by atoms with E-state index in [1.165, 1.54) is 10.6 Å². The summed E-state index contributed by atoms with van der Waals surface area (Å²) < 4.78 is 25.0. The van der Waals surface area contributed by atoms with E-state index in [1.807, 2.05) is 13.8 Å². The number of nitrogens with zero attached hydrogens (tertiary/aromatic N) is 1. The van der Waals surface area contributed by atoms with Gasteiger partial charge in [-0.25, -0.2) is 8.42 Å². The number of carbonyl (C=O) groups excluding carboxylic acids is 1. The lowest BCUT2D eigenvalue weighted by Gasteiger charge is -2.36. The molecule has 120 valence electrons. The van der Waals surface area contributed by atoms with E-state index in [1.54, 1.807) is 6.92 Å². The van der Waals surface area contributed by atoms with Crippen LogP contribution >= 0.6 is 0 Å². The minimum atomic E-state index is -3.30. The molecule has 0 rings (SSSR count). The van der Waals surface area contributed by atoms with E-state index in [9.17, 15) is 13.2 Å². The van der Waals surface area contributed by atoms with Gasteiger partial charge >= 0.3 is 0 Å². The minimum absolute atomic E-state index is 0.0602. The second-order valence-corrected chi connectivity index (χ2v) is 9.18. The first-order valence-corrected chi connectivity index (χ1v) is 9.08. The molecule has 0 bridgehead atoms. The van der Waals surface area contributed by atoms with Crippen molar-refractivity contribution in [2.45, 2.75) is 66.8 Å². The normalized spacial score (nSPS) is 14.1.